The SMILES string of the molecule is CCC(OC)C(C(=O)O)C(CC)C(=O)O. The fraction of sp³-hybridized carbons (Fsp3) is 0.800. The van der Waals surface area contributed by atoms with Crippen molar-refractivity contribution in [2.45, 2.75) is 32.8 Å². The van der Waals surface area contributed by atoms with Crippen molar-refractivity contribution in [3.63, 3.8) is 0 Å². The van der Waals surface area contributed by atoms with Gasteiger partial charge >= 0.3 is 11.9 Å². The molecule has 0 rings (SSSR count). The zero-order valence-electron chi connectivity index (χ0n) is 9.27. The highest BCUT2D eigenvalue weighted by Gasteiger charge is 2.38. The van der Waals surface area contributed by atoms with E-state index in [2.05, 4.69) is 0 Å². The lowest BCUT2D eigenvalue weighted by atomic mass is 9.84. The number of hydrogen-bond acceptors (Lipinski definition) is 3. The Kier molecular flexibility index (Phi) is 5.93. The number of carboxylic acid groups (broad SMARTS) is 2. The fourth-order valence-electron chi connectivity index (χ4n) is 1.74. The molecule has 0 bridgehead atoms. The second-order valence-corrected chi connectivity index (χ2v) is 3.40. The van der Waals surface area contributed by atoms with E-state index < -0.39 is 29.9 Å². The molecule has 0 fully saturated rings. The van der Waals surface area contributed by atoms with Gasteiger partial charge in [0, 0.05) is 7.11 Å². The van der Waals surface area contributed by atoms with Gasteiger partial charge < -0.3 is 14.9 Å². The van der Waals surface area contributed by atoms with E-state index in [0.717, 1.165) is 0 Å². The summed E-state index contributed by atoms with van der Waals surface area (Å²) in [6.45, 7) is 3.44. The standard InChI is InChI=1S/C10H18O5/c1-4-6(9(11)12)8(10(13)14)7(5-2)15-3/h6-8H,4-5H2,1-3H3,(H,11,12)(H,13,14). The Bertz CT molecular complexity index is 222. The molecule has 0 aromatic carbocycles. The topological polar surface area (TPSA) is 83.8 Å². The van der Waals surface area contributed by atoms with Crippen LogP contribution < -0.4 is 0 Å². The van der Waals surface area contributed by atoms with Crippen LogP contribution in [0.15, 0.2) is 0 Å². The Balaban J connectivity index is 4.91. The highest BCUT2D eigenvalue weighted by Crippen LogP contribution is 2.24. The summed E-state index contributed by atoms with van der Waals surface area (Å²) in [6.07, 6.45) is 0.215. The summed E-state index contributed by atoms with van der Waals surface area (Å²) in [6, 6.07) is 0. The smallest absolute Gasteiger partial charge is 0.310 e. The largest absolute Gasteiger partial charge is 0.481 e. The van der Waals surface area contributed by atoms with E-state index in [1.54, 1.807) is 13.8 Å². The molecular weight excluding hydrogens is 200 g/mol. The average molecular weight is 218 g/mol. The molecule has 0 spiro atoms. The van der Waals surface area contributed by atoms with E-state index in [0.29, 0.717) is 6.42 Å². The van der Waals surface area contributed by atoms with E-state index in [4.69, 9.17) is 14.9 Å². The number of aliphatic carboxylic acids is 2. The molecular formula is C10H18O5. The number of methoxy groups -OCH3 is 1. The lowest BCUT2D eigenvalue weighted by Gasteiger charge is -2.25. The summed E-state index contributed by atoms with van der Waals surface area (Å²) in [4.78, 5) is 21.9. The summed E-state index contributed by atoms with van der Waals surface area (Å²) in [7, 11) is 1.40. The first-order valence-corrected chi connectivity index (χ1v) is 4.97. The Hall–Kier alpha value is -1.10. The van der Waals surface area contributed by atoms with Crippen LogP contribution in [-0.4, -0.2) is 35.4 Å². The van der Waals surface area contributed by atoms with E-state index in [9.17, 15) is 9.59 Å². The van der Waals surface area contributed by atoms with Crippen LogP contribution in [0.1, 0.15) is 26.7 Å². The second-order valence-electron chi connectivity index (χ2n) is 3.40. The predicted octanol–water partition coefficient (Wildman–Crippen LogP) is 1.22. The molecule has 0 aliphatic heterocycles. The number of rotatable bonds is 7. The van der Waals surface area contributed by atoms with Crippen molar-refractivity contribution in [3.05, 3.63) is 0 Å². The van der Waals surface area contributed by atoms with Gasteiger partial charge in [-0.15, -0.1) is 0 Å². The van der Waals surface area contributed by atoms with E-state index >= 15 is 0 Å². The van der Waals surface area contributed by atoms with Gasteiger partial charge in [0.25, 0.3) is 0 Å². The summed E-state index contributed by atoms with van der Waals surface area (Å²) in [5.74, 6) is -4.08. The third kappa shape index (κ3) is 3.51. The van der Waals surface area contributed by atoms with Crippen LogP contribution in [0.4, 0.5) is 0 Å². The highest BCUT2D eigenvalue weighted by atomic mass is 16.5. The molecule has 0 radical (unpaired) electrons. The van der Waals surface area contributed by atoms with Crippen molar-refractivity contribution in [1.82, 2.24) is 0 Å². The molecule has 0 saturated carbocycles. The van der Waals surface area contributed by atoms with Crippen molar-refractivity contribution in [3.8, 4) is 0 Å². The molecule has 15 heavy (non-hydrogen) atoms. The monoisotopic (exact) mass is 218 g/mol. The van der Waals surface area contributed by atoms with Crippen LogP contribution in [0.5, 0.6) is 0 Å². The number of ether oxygens (including phenoxy) is 1. The van der Waals surface area contributed by atoms with E-state index in [1.807, 2.05) is 0 Å². The van der Waals surface area contributed by atoms with Gasteiger partial charge in [-0.3, -0.25) is 9.59 Å². The predicted molar refractivity (Wildman–Crippen MR) is 53.6 cm³/mol. The van der Waals surface area contributed by atoms with E-state index in [1.165, 1.54) is 7.11 Å². The summed E-state index contributed by atoms with van der Waals surface area (Å²) >= 11 is 0. The molecule has 2 N–H and O–H groups in total. The second kappa shape index (κ2) is 6.40. The van der Waals surface area contributed by atoms with Crippen LogP contribution in [-0.2, 0) is 14.3 Å². The first kappa shape index (κ1) is 13.9. The van der Waals surface area contributed by atoms with E-state index in [-0.39, 0.29) is 6.42 Å². The van der Waals surface area contributed by atoms with Crippen molar-refractivity contribution >= 4 is 11.9 Å². The molecule has 3 atom stereocenters. The molecule has 5 nitrogen and oxygen atoms in total. The van der Waals surface area contributed by atoms with Crippen molar-refractivity contribution in [1.29, 1.82) is 0 Å². The molecule has 0 saturated heterocycles. The Morgan fingerprint density at radius 2 is 1.67 bits per heavy atom. The van der Waals surface area contributed by atoms with Gasteiger partial charge in [0.1, 0.15) is 0 Å². The van der Waals surface area contributed by atoms with Gasteiger partial charge in [0.05, 0.1) is 17.9 Å². The first-order valence-electron chi connectivity index (χ1n) is 4.97. The maximum absolute atomic E-state index is 11.0. The molecule has 0 aliphatic carbocycles. The third-order valence-corrected chi connectivity index (χ3v) is 2.58. The Morgan fingerprint density at radius 3 is 1.87 bits per heavy atom. The molecule has 5 heteroatoms. The number of hydrogen-bond donors (Lipinski definition) is 2. The van der Waals surface area contributed by atoms with Crippen LogP contribution in [0.3, 0.4) is 0 Å². The van der Waals surface area contributed by atoms with Gasteiger partial charge in [-0.25, -0.2) is 0 Å². The zero-order valence-corrected chi connectivity index (χ0v) is 9.27. The van der Waals surface area contributed by atoms with Gasteiger partial charge in [0.15, 0.2) is 0 Å². The molecule has 88 valence electrons. The summed E-state index contributed by atoms with van der Waals surface area (Å²) in [5, 5.41) is 17.9. The molecule has 3 unspecified atom stereocenters. The van der Waals surface area contributed by atoms with Crippen molar-refractivity contribution < 1.29 is 24.5 Å². The average Bonchev–Trinajstić information content (AvgIpc) is 2.17. The molecule has 0 amide bonds. The van der Waals surface area contributed by atoms with Crippen LogP contribution in [0.25, 0.3) is 0 Å². The lowest BCUT2D eigenvalue weighted by Crippen LogP contribution is -2.39. The fourth-order valence-corrected chi connectivity index (χ4v) is 1.74. The molecule has 0 aromatic heterocycles. The lowest BCUT2D eigenvalue weighted by molar-refractivity contribution is -0.160. The van der Waals surface area contributed by atoms with Gasteiger partial charge in [-0.1, -0.05) is 13.8 Å². The van der Waals surface area contributed by atoms with Crippen LogP contribution in [0.2, 0.25) is 0 Å². The van der Waals surface area contributed by atoms with Gasteiger partial charge in [0.2, 0.25) is 0 Å². The summed E-state index contributed by atoms with van der Waals surface area (Å²) in [5.41, 5.74) is 0. The van der Waals surface area contributed by atoms with Gasteiger partial charge in [-0.05, 0) is 12.8 Å². The highest BCUT2D eigenvalue weighted by molar-refractivity contribution is 5.80. The molecule has 0 aromatic rings. The molecule has 0 heterocycles. The van der Waals surface area contributed by atoms with Crippen molar-refractivity contribution in [2.75, 3.05) is 7.11 Å². The van der Waals surface area contributed by atoms with Crippen LogP contribution >= 0.6 is 0 Å². The van der Waals surface area contributed by atoms with Crippen LogP contribution in [0, 0.1) is 11.8 Å². The van der Waals surface area contributed by atoms with Gasteiger partial charge in [-0.2, -0.15) is 0 Å². The van der Waals surface area contributed by atoms with Crippen molar-refractivity contribution in [2.24, 2.45) is 11.8 Å². The summed E-state index contributed by atoms with van der Waals surface area (Å²) < 4.78 is 5.01. The normalized spacial score (nSPS) is 16.7. The quantitative estimate of drug-likeness (QED) is 0.671. The zero-order chi connectivity index (χ0) is 12.0. The number of carboxylic acids is 2. The minimum atomic E-state index is -1.11. The third-order valence-electron chi connectivity index (χ3n) is 2.58. The minimum Gasteiger partial charge on any atom is -0.481 e. The Labute approximate surface area is 89.0 Å². The molecule has 0 aliphatic rings. The maximum atomic E-state index is 11.0. The first-order chi connectivity index (χ1) is 6.99. The number of carbonyl (C=O) groups is 2. The Morgan fingerprint density at radius 1 is 1.13 bits per heavy atom. The maximum Gasteiger partial charge on any atom is 0.310 e. The minimum absolute atomic E-state index is 0.284.